The van der Waals surface area contributed by atoms with Crippen LogP contribution in [-0.4, -0.2) is 24.9 Å². The second-order valence-electron chi connectivity index (χ2n) is 3.85. The number of thiazole rings is 1. The zero-order chi connectivity index (χ0) is 11.1. The van der Waals surface area contributed by atoms with E-state index in [1.54, 1.807) is 11.3 Å². The lowest BCUT2D eigenvalue weighted by Gasteiger charge is -2.04. The molecule has 1 aromatic heterocycles. The van der Waals surface area contributed by atoms with E-state index in [2.05, 4.69) is 4.98 Å². The lowest BCUT2D eigenvalue weighted by atomic mass is 10.0. The smallest absolute Gasteiger partial charge is 0.151 e. The Balaban J connectivity index is 2.27. The van der Waals surface area contributed by atoms with Crippen LogP contribution in [0, 0.1) is 6.92 Å². The largest absolute Gasteiger partial charge is 0.325 e. The van der Waals surface area contributed by atoms with Gasteiger partial charge in [-0.05, 0) is 13.3 Å². The van der Waals surface area contributed by atoms with Crippen molar-refractivity contribution in [2.24, 2.45) is 5.73 Å². The molecule has 0 amide bonds. The van der Waals surface area contributed by atoms with Gasteiger partial charge in [-0.3, -0.25) is 0 Å². The van der Waals surface area contributed by atoms with Gasteiger partial charge in [-0.1, -0.05) is 0 Å². The minimum atomic E-state index is -2.82. The molecule has 84 valence electrons. The molecule has 1 unspecified atom stereocenters. The zero-order valence-electron chi connectivity index (χ0n) is 8.56. The fraction of sp³-hybridized carbons (Fsp3) is 0.667. The third-order valence-corrected chi connectivity index (χ3v) is 5.45. The minimum absolute atomic E-state index is 0.0894. The van der Waals surface area contributed by atoms with Crippen LogP contribution in [-0.2, 0) is 16.4 Å². The molecule has 1 aliphatic rings. The molecule has 2 N–H and O–H groups in total. The van der Waals surface area contributed by atoms with E-state index in [1.807, 2.05) is 6.92 Å². The Hall–Kier alpha value is -0.460. The highest BCUT2D eigenvalue weighted by Crippen LogP contribution is 2.32. The Bertz CT molecular complexity index is 464. The Labute approximate surface area is 93.4 Å². The number of hydrogen-bond donors (Lipinski definition) is 1. The van der Waals surface area contributed by atoms with Gasteiger partial charge in [-0.2, -0.15) is 0 Å². The van der Waals surface area contributed by atoms with Gasteiger partial charge in [0, 0.05) is 17.3 Å². The van der Waals surface area contributed by atoms with E-state index in [0.29, 0.717) is 18.7 Å². The number of aryl methyl sites for hydroxylation is 1. The van der Waals surface area contributed by atoms with Crippen LogP contribution in [0.4, 0.5) is 0 Å². The van der Waals surface area contributed by atoms with E-state index in [9.17, 15) is 8.42 Å². The third-order valence-electron chi connectivity index (χ3n) is 2.67. The summed E-state index contributed by atoms with van der Waals surface area (Å²) in [6.45, 7) is 2.42. The van der Waals surface area contributed by atoms with Crippen LogP contribution in [0.3, 0.4) is 0 Å². The maximum absolute atomic E-state index is 11.4. The highest BCUT2D eigenvalue weighted by Gasteiger charge is 2.31. The molecule has 1 atom stereocenters. The second-order valence-corrected chi connectivity index (χ2v) is 7.37. The normalized spacial score (nSPS) is 24.5. The van der Waals surface area contributed by atoms with Gasteiger partial charge in [-0.15, -0.1) is 11.3 Å². The second kappa shape index (κ2) is 3.84. The molecule has 6 heteroatoms. The van der Waals surface area contributed by atoms with Gasteiger partial charge >= 0.3 is 0 Å². The van der Waals surface area contributed by atoms with Gasteiger partial charge in [0.05, 0.1) is 17.2 Å². The summed E-state index contributed by atoms with van der Waals surface area (Å²) in [5.74, 6) is 0.639. The van der Waals surface area contributed by atoms with Crippen LogP contribution in [0.2, 0.25) is 0 Å². The molecular formula is C9H14N2O2S2. The minimum Gasteiger partial charge on any atom is -0.325 e. The fourth-order valence-corrected chi connectivity index (χ4v) is 4.59. The molecule has 1 aromatic rings. The first-order valence-electron chi connectivity index (χ1n) is 4.88. The number of nitrogens with zero attached hydrogens (tertiary/aromatic N) is 1. The summed E-state index contributed by atoms with van der Waals surface area (Å²) in [6.07, 6.45) is 0.705. The lowest BCUT2D eigenvalue weighted by Crippen LogP contribution is -2.05. The maximum atomic E-state index is 11.4. The number of nitrogens with two attached hydrogens (primary N) is 1. The Morgan fingerprint density at radius 2 is 2.33 bits per heavy atom. The molecule has 1 aliphatic heterocycles. The van der Waals surface area contributed by atoms with Gasteiger partial charge < -0.3 is 5.73 Å². The van der Waals surface area contributed by atoms with Crippen LogP contribution in [0.5, 0.6) is 0 Å². The number of rotatable bonds is 2. The maximum Gasteiger partial charge on any atom is 0.151 e. The van der Waals surface area contributed by atoms with Crippen molar-refractivity contribution >= 4 is 21.2 Å². The highest BCUT2D eigenvalue weighted by molar-refractivity contribution is 7.91. The monoisotopic (exact) mass is 246 g/mol. The Morgan fingerprint density at radius 1 is 1.60 bits per heavy atom. The van der Waals surface area contributed by atoms with Crippen molar-refractivity contribution in [2.45, 2.75) is 25.8 Å². The van der Waals surface area contributed by atoms with Crippen molar-refractivity contribution in [3.8, 4) is 0 Å². The number of aromatic nitrogens is 1. The third kappa shape index (κ3) is 2.21. The molecule has 0 bridgehead atoms. The molecule has 0 spiro atoms. The molecule has 0 aromatic carbocycles. The van der Waals surface area contributed by atoms with E-state index in [4.69, 9.17) is 5.73 Å². The first-order valence-corrected chi connectivity index (χ1v) is 7.52. The van der Waals surface area contributed by atoms with E-state index in [-0.39, 0.29) is 11.7 Å². The fourth-order valence-electron chi connectivity index (χ4n) is 1.94. The summed E-state index contributed by atoms with van der Waals surface area (Å²) < 4.78 is 22.7. The van der Waals surface area contributed by atoms with E-state index >= 15 is 0 Å². The average molecular weight is 246 g/mol. The van der Waals surface area contributed by atoms with Crippen LogP contribution < -0.4 is 5.73 Å². The molecular weight excluding hydrogens is 232 g/mol. The molecule has 2 heterocycles. The Kier molecular flexibility index (Phi) is 2.83. The van der Waals surface area contributed by atoms with Crippen molar-refractivity contribution in [1.82, 2.24) is 4.98 Å². The van der Waals surface area contributed by atoms with Crippen molar-refractivity contribution in [1.29, 1.82) is 0 Å². The predicted octanol–water partition coefficient (Wildman–Crippen LogP) is 0.812. The number of sulfone groups is 1. The quantitative estimate of drug-likeness (QED) is 0.838. The summed E-state index contributed by atoms with van der Waals surface area (Å²) >= 11 is 1.57. The molecule has 4 nitrogen and oxygen atoms in total. The Morgan fingerprint density at radius 3 is 2.80 bits per heavy atom. The molecule has 0 radical (unpaired) electrons. The summed E-state index contributed by atoms with van der Waals surface area (Å²) in [5, 5.41) is 0.895. The van der Waals surface area contributed by atoms with Crippen molar-refractivity contribution in [3.05, 3.63) is 15.6 Å². The van der Waals surface area contributed by atoms with Crippen LogP contribution in [0.25, 0.3) is 0 Å². The molecule has 0 aliphatic carbocycles. The summed E-state index contributed by atoms with van der Waals surface area (Å²) in [4.78, 5) is 5.51. The molecule has 0 saturated carbocycles. The highest BCUT2D eigenvalue weighted by atomic mass is 32.2. The lowest BCUT2D eigenvalue weighted by molar-refractivity contribution is 0.601. The first-order chi connectivity index (χ1) is 7.02. The van der Waals surface area contributed by atoms with Crippen molar-refractivity contribution < 1.29 is 8.42 Å². The van der Waals surface area contributed by atoms with E-state index in [1.165, 1.54) is 0 Å². The van der Waals surface area contributed by atoms with Crippen molar-refractivity contribution in [2.75, 3.05) is 11.5 Å². The summed E-state index contributed by atoms with van der Waals surface area (Å²) in [5.41, 5.74) is 6.46. The van der Waals surface area contributed by atoms with Gasteiger partial charge in [-0.25, -0.2) is 13.4 Å². The van der Waals surface area contributed by atoms with Gasteiger partial charge in [0.1, 0.15) is 5.01 Å². The summed E-state index contributed by atoms with van der Waals surface area (Å²) in [6, 6.07) is 0. The zero-order valence-corrected chi connectivity index (χ0v) is 10.2. The molecule has 1 fully saturated rings. The van der Waals surface area contributed by atoms with E-state index < -0.39 is 9.84 Å². The topological polar surface area (TPSA) is 73.0 Å². The first kappa shape index (κ1) is 11.0. The molecule has 2 rings (SSSR count). The predicted molar refractivity (Wildman–Crippen MR) is 60.8 cm³/mol. The number of hydrogen-bond acceptors (Lipinski definition) is 5. The SMILES string of the molecule is Cc1sc(CN)nc1C1CCS(=O)(=O)C1. The van der Waals surface area contributed by atoms with Crippen molar-refractivity contribution in [3.63, 3.8) is 0 Å². The standard InChI is InChI=1S/C9H14N2O2S2/c1-6-9(11-8(4-10)14-6)7-2-3-15(12,13)5-7/h7H,2-5,10H2,1H3. The van der Waals surface area contributed by atoms with Gasteiger partial charge in [0.2, 0.25) is 0 Å². The molecule has 15 heavy (non-hydrogen) atoms. The van der Waals surface area contributed by atoms with Gasteiger partial charge in [0.15, 0.2) is 9.84 Å². The average Bonchev–Trinajstić information content (AvgIpc) is 2.69. The van der Waals surface area contributed by atoms with E-state index in [0.717, 1.165) is 15.6 Å². The van der Waals surface area contributed by atoms with Gasteiger partial charge in [0.25, 0.3) is 0 Å². The van der Waals surface area contributed by atoms with Crippen LogP contribution in [0.1, 0.15) is 27.9 Å². The summed E-state index contributed by atoms with van der Waals surface area (Å²) in [7, 11) is -2.82. The van der Waals surface area contributed by atoms with Crippen LogP contribution >= 0.6 is 11.3 Å². The molecule has 1 saturated heterocycles. The van der Waals surface area contributed by atoms with Crippen LogP contribution in [0.15, 0.2) is 0 Å².